The van der Waals surface area contributed by atoms with Gasteiger partial charge in [0.1, 0.15) is 0 Å². The minimum atomic E-state index is 0.239. The summed E-state index contributed by atoms with van der Waals surface area (Å²) in [7, 11) is 0. The molecule has 1 atom stereocenters. The van der Waals surface area contributed by atoms with Crippen molar-refractivity contribution < 1.29 is 4.79 Å². The zero-order valence-electron chi connectivity index (χ0n) is 13.0. The molecule has 1 unspecified atom stereocenters. The summed E-state index contributed by atoms with van der Waals surface area (Å²) >= 11 is 0. The molecule has 2 heteroatoms. The first kappa shape index (κ1) is 15.7. The Hall–Kier alpha value is -1.67. The van der Waals surface area contributed by atoms with Crippen LogP contribution in [0.4, 0.5) is 0 Å². The number of fused-ring (bicyclic) bond motifs is 1. The lowest BCUT2D eigenvalue weighted by Gasteiger charge is -2.19. The van der Waals surface area contributed by atoms with Gasteiger partial charge in [-0.3, -0.25) is 4.79 Å². The van der Waals surface area contributed by atoms with Crippen LogP contribution in [0.15, 0.2) is 42.5 Å². The summed E-state index contributed by atoms with van der Waals surface area (Å²) in [5, 5.41) is 2.31. The number of hydrogen-bond donors (Lipinski definition) is 1. The summed E-state index contributed by atoms with van der Waals surface area (Å²) in [6.07, 6.45) is 2.55. The number of benzene rings is 2. The summed E-state index contributed by atoms with van der Waals surface area (Å²) < 4.78 is 0. The van der Waals surface area contributed by atoms with Crippen LogP contribution in [0.2, 0.25) is 0 Å². The van der Waals surface area contributed by atoms with E-state index in [0.29, 0.717) is 24.8 Å². The van der Waals surface area contributed by atoms with Gasteiger partial charge < -0.3 is 5.73 Å². The van der Waals surface area contributed by atoms with E-state index in [1.54, 1.807) is 0 Å². The number of Topliss-reactive ketones (excluding diaryl/α,β-unsaturated/α-hetero) is 1. The number of carbonyl (C=O) groups excluding carboxylic acids is 1. The molecule has 0 bridgehead atoms. The van der Waals surface area contributed by atoms with Gasteiger partial charge in [-0.15, -0.1) is 0 Å². The maximum atomic E-state index is 12.4. The molecule has 21 heavy (non-hydrogen) atoms. The van der Waals surface area contributed by atoms with Crippen LogP contribution in [0, 0.1) is 11.8 Å². The highest BCUT2D eigenvalue weighted by atomic mass is 16.1. The second-order valence-electron chi connectivity index (χ2n) is 6.11. The standard InChI is InChI=1S/C19H25NO/c1-14(2)15(11-12-20)9-10-19(21)18-8-7-16-5-3-4-6-17(16)13-18/h3-8,13-15H,9-12,20H2,1-2H3. The second kappa shape index (κ2) is 7.37. The van der Waals surface area contributed by atoms with Gasteiger partial charge in [0.05, 0.1) is 0 Å². The van der Waals surface area contributed by atoms with Crippen molar-refractivity contribution in [1.29, 1.82) is 0 Å². The highest BCUT2D eigenvalue weighted by Crippen LogP contribution is 2.23. The molecule has 2 aromatic rings. The fraction of sp³-hybridized carbons (Fsp3) is 0.421. The SMILES string of the molecule is CC(C)C(CCN)CCC(=O)c1ccc2ccccc2c1. The topological polar surface area (TPSA) is 43.1 Å². The van der Waals surface area contributed by atoms with Crippen LogP contribution >= 0.6 is 0 Å². The van der Waals surface area contributed by atoms with Gasteiger partial charge in [0.25, 0.3) is 0 Å². The second-order valence-corrected chi connectivity index (χ2v) is 6.11. The summed E-state index contributed by atoms with van der Waals surface area (Å²) in [6.45, 7) is 5.12. The van der Waals surface area contributed by atoms with Crippen molar-refractivity contribution in [3.8, 4) is 0 Å². The summed E-state index contributed by atoms with van der Waals surface area (Å²) in [6, 6.07) is 14.1. The normalized spacial score (nSPS) is 12.8. The van der Waals surface area contributed by atoms with Crippen LogP contribution in [-0.2, 0) is 0 Å². The maximum absolute atomic E-state index is 12.4. The van der Waals surface area contributed by atoms with E-state index < -0.39 is 0 Å². The van der Waals surface area contributed by atoms with Crippen molar-refractivity contribution in [2.45, 2.75) is 33.1 Å². The monoisotopic (exact) mass is 283 g/mol. The van der Waals surface area contributed by atoms with E-state index in [9.17, 15) is 4.79 Å². The first-order valence-electron chi connectivity index (χ1n) is 7.84. The molecule has 2 rings (SSSR count). The Balaban J connectivity index is 2.04. The molecule has 0 amide bonds. The van der Waals surface area contributed by atoms with Crippen molar-refractivity contribution in [3.05, 3.63) is 48.0 Å². The molecule has 0 aliphatic heterocycles. The fourth-order valence-corrected chi connectivity index (χ4v) is 2.85. The Bertz CT molecular complexity index is 603. The minimum Gasteiger partial charge on any atom is -0.330 e. The van der Waals surface area contributed by atoms with E-state index in [0.717, 1.165) is 23.8 Å². The number of carbonyl (C=O) groups is 1. The van der Waals surface area contributed by atoms with E-state index >= 15 is 0 Å². The Morgan fingerprint density at radius 3 is 2.43 bits per heavy atom. The van der Waals surface area contributed by atoms with Crippen LogP contribution in [0.25, 0.3) is 10.8 Å². The number of nitrogens with two attached hydrogens (primary N) is 1. The van der Waals surface area contributed by atoms with Crippen molar-refractivity contribution in [3.63, 3.8) is 0 Å². The van der Waals surface area contributed by atoms with Gasteiger partial charge in [-0.05, 0) is 48.1 Å². The number of hydrogen-bond acceptors (Lipinski definition) is 2. The highest BCUT2D eigenvalue weighted by molar-refractivity contribution is 5.99. The molecule has 0 aromatic heterocycles. The third-order valence-electron chi connectivity index (χ3n) is 4.29. The van der Waals surface area contributed by atoms with Crippen molar-refractivity contribution in [2.75, 3.05) is 6.54 Å². The van der Waals surface area contributed by atoms with Gasteiger partial charge in [0.15, 0.2) is 5.78 Å². The summed E-state index contributed by atoms with van der Waals surface area (Å²) in [5.41, 5.74) is 6.49. The van der Waals surface area contributed by atoms with Gasteiger partial charge in [-0.2, -0.15) is 0 Å². The van der Waals surface area contributed by atoms with Gasteiger partial charge >= 0.3 is 0 Å². The zero-order valence-corrected chi connectivity index (χ0v) is 13.0. The van der Waals surface area contributed by atoms with Crippen molar-refractivity contribution >= 4 is 16.6 Å². The van der Waals surface area contributed by atoms with Crippen molar-refractivity contribution in [1.82, 2.24) is 0 Å². The number of ketones is 1. The van der Waals surface area contributed by atoms with Crippen molar-refractivity contribution in [2.24, 2.45) is 17.6 Å². The van der Waals surface area contributed by atoms with Gasteiger partial charge in [-0.25, -0.2) is 0 Å². The molecule has 0 saturated carbocycles. The predicted octanol–water partition coefficient (Wildman–Crippen LogP) is 4.42. The molecular formula is C19H25NO. The Kier molecular flexibility index (Phi) is 5.51. The largest absolute Gasteiger partial charge is 0.330 e. The average Bonchev–Trinajstić information content (AvgIpc) is 2.50. The lowest BCUT2D eigenvalue weighted by Crippen LogP contribution is -2.15. The predicted molar refractivity (Wildman–Crippen MR) is 89.5 cm³/mol. The lowest BCUT2D eigenvalue weighted by molar-refractivity contribution is 0.0969. The van der Waals surface area contributed by atoms with E-state index in [2.05, 4.69) is 26.0 Å². The quantitative estimate of drug-likeness (QED) is 0.764. The first-order valence-corrected chi connectivity index (χ1v) is 7.84. The zero-order chi connectivity index (χ0) is 15.2. The molecule has 112 valence electrons. The van der Waals surface area contributed by atoms with Crippen LogP contribution in [0.3, 0.4) is 0 Å². The lowest BCUT2D eigenvalue weighted by atomic mass is 9.87. The first-order chi connectivity index (χ1) is 10.1. The van der Waals surface area contributed by atoms with Gasteiger partial charge in [0.2, 0.25) is 0 Å². The Morgan fingerprint density at radius 2 is 1.76 bits per heavy atom. The summed E-state index contributed by atoms with van der Waals surface area (Å²) in [5.74, 6) is 1.36. The maximum Gasteiger partial charge on any atom is 0.162 e. The molecular weight excluding hydrogens is 258 g/mol. The molecule has 0 spiro atoms. The molecule has 0 aliphatic carbocycles. The van der Waals surface area contributed by atoms with E-state index in [1.165, 1.54) is 5.39 Å². The molecule has 2 nitrogen and oxygen atoms in total. The van der Waals surface area contributed by atoms with Gasteiger partial charge in [0, 0.05) is 12.0 Å². The van der Waals surface area contributed by atoms with Crippen LogP contribution in [0.1, 0.15) is 43.5 Å². The molecule has 0 radical (unpaired) electrons. The molecule has 2 N–H and O–H groups in total. The van der Waals surface area contributed by atoms with Crippen LogP contribution in [-0.4, -0.2) is 12.3 Å². The molecule has 0 aliphatic rings. The van der Waals surface area contributed by atoms with Crippen LogP contribution in [0.5, 0.6) is 0 Å². The molecule has 0 saturated heterocycles. The van der Waals surface area contributed by atoms with E-state index in [1.807, 2.05) is 30.3 Å². The Labute approximate surface area is 127 Å². The van der Waals surface area contributed by atoms with Gasteiger partial charge in [-0.1, -0.05) is 50.2 Å². The number of rotatable bonds is 7. The van der Waals surface area contributed by atoms with E-state index in [-0.39, 0.29) is 5.78 Å². The fourth-order valence-electron chi connectivity index (χ4n) is 2.85. The minimum absolute atomic E-state index is 0.239. The van der Waals surface area contributed by atoms with E-state index in [4.69, 9.17) is 5.73 Å². The average molecular weight is 283 g/mol. The van der Waals surface area contributed by atoms with Crippen LogP contribution < -0.4 is 5.73 Å². The molecule has 0 heterocycles. The Morgan fingerprint density at radius 1 is 1.05 bits per heavy atom. The highest BCUT2D eigenvalue weighted by Gasteiger charge is 2.15. The third kappa shape index (κ3) is 4.15. The summed E-state index contributed by atoms with van der Waals surface area (Å²) in [4.78, 5) is 12.4. The molecule has 0 fully saturated rings. The third-order valence-corrected chi connectivity index (χ3v) is 4.29. The smallest absolute Gasteiger partial charge is 0.162 e. The molecule has 2 aromatic carbocycles.